The van der Waals surface area contributed by atoms with E-state index in [0.29, 0.717) is 15.7 Å². The normalized spacial score (nSPS) is 17.7. The molecule has 12 heteroatoms. The van der Waals surface area contributed by atoms with Gasteiger partial charge >= 0.3 is 12.1 Å². The molecule has 2 aromatic carbocycles. The van der Waals surface area contributed by atoms with Gasteiger partial charge in [0.05, 0.1) is 6.04 Å². The number of nitrogens with zero attached hydrogens (tertiary/aromatic N) is 3. The van der Waals surface area contributed by atoms with Crippen molar-refractivity contribution in [3.8, 4) is 5.75 Å². The fourth-order valence-corrected chi connectivity index (χ4v) is 5.98. The Morgan fingerprint density at radius 3 is 2.58 bits per heavy atom. The smallest absolute Gasteiger partial charge is 0.408 e. The van der Waals surface area contributed by atoms with Crippen molar-refractivity contribution in [1.29, 1.82) is 0 Å². The first-order valence-corrected chi connectivity index (χ1v) is 12.9. The zero-order valence-electron chi connectivity index (χ0n) is 20.2. The van der Waals surface area contributed by atoms with E-state index in [2.05, 4.69) is 0 Å². The number of alkyl halides is 3. The first-order valence-electron chi connectivity index (χ1n) is 11.6. The molecular formula is C26H21ClF3N3O4S. The molecule has 0 fully saturated rings. The molecule has 0 radical (unpaired) electrons. The SMILES string of the molecule is CC(=O)Oc1c2n(ccc1=O)N([C@@H]1c3cc(Cl)ccc3CSc3ccccc31)CN([C@H](C)C(F)(F)F)C2=O. The van der Waals surface area contributed by atoms with Crippen LogP contribution < -0.4 is 15.2 Å². The Labute approximate surface area is 224 Å². The topological polar surface area (TPSA) is 71.8 Å². The second-order valence-corrected chi connectivity index (χ2v) is 10.4. The van der Waals surface area contributed by atoms with Crippen LogP contribution in [0.4, 0.5) is 13.2 Å². The third-order valence-corrected chi connectivity index (χ3v) is 7.93. The van der Waals surface area contributed by atoms with Gasteiger partial charge < -0.3 is 9.64 Å². The molecule has 2 aliphatic rings. The van der Waals surface area contributed by atoms with Gasteiger partial charge in [-0.05, 0) is 41.8 Å². The minimum atomic E-state index is -4.75. The number of hydrogen-bond acceptors (Lipinski definition) is 6. The van der Waals surface area contributed by atoms with E-state index >= 15 is 0 Å². The maximum atomic E-state index is 14.0. The minimum Gasteiger partial charge on any atom is -0.420 e. The largest absolute Gasteiger partial charge is 0.420 e. The second-order valence-electron chi connectivity index (χ2n) is 8.94. The van der Waals surface area contributed by atoms with Crippen LogP contribution in [0.5, 0.6) is 5.75 Å². The van der Waals surface area contributed by atoms with E-state index in [-0.39, 0.29) is 0 Å². The molecule has 5 rings (SSSR count). The van der Waals surface area contributed by atoms with Gasteiger partial charge in [-0.25, -0.2) is 0 Å². The summed E-state index contributed by atoms with van der Waals surface area (Å²) in [6.45, 7) is 1.45. The van der Waals surface area contributed by atoms with Crippen molar-refractivity contribution < 1.29 is 27.5 Å². The van der Waals surface area contributed by atoms with Crippen LogP contribution in [0.2, 0.25) is 5.02 Å². The fourth-order valence-electron chi connectivity index (χ4n) is 4.70. The van der Waals surface area contributed by atoms with Gasteiger partial charge in [-0.1, -0.05) is 35.9 Å². The minimum absolute atomic E-state index is 0.437. The Morgan fingerprint density at radius 1 is 1.13 bits per heavy atom. The van der Waals surface area contributed by atoms with E-state index in [1.165, 1.54) is 10.9 Å². The van der Waals surface area contributed by atoms with Crippen molar-refractivity contribution in [2.45, 2.75) is 42.8 Å². The molecule has 3 aromatic rings. The Balaban J connectivity index is 1.81. The lowest BCUT2D eigenvalue weighted by atomic mass is 9.94. The Morgan fingerprint density at radius 2 is 1.87 bits per heavy atom. The summed E-state index contributed by atoms with van der Waals surface area (Å²) in [5.41, 5.74) is 1.17. The molecule has 0 saturated carbocycles. The highest BCUT2D eigenvalue weighted by molar-refractivity contribution is 7.98. The standard InChI is InChI=1S/C26H21ClF3N3O4S/c1-14(26(28,29)30)31-13-33(32-10-9-20(35)24(37-15(2)34)23(32)25(31)36)22-18-5-3-4-6-21(18)38-12-16-7-8-17(27)11-19(16)22/h3-11,14,22H,12-13H2,1-2H3/t14-,22+/m1/s1. The Bertz CT molecular complexity index is 1510. The lowest BCUT2D eigenvalue weighted by Crippen LogP contribution is -2.60. The number of hydrogen-bond donors (Lipinski definition) is 0. The monoisotopic (exact) mass is 563 g/mol. The highest BCUT2D eigenvalue weighted by atomic mass is 35.5. The van der Waals surface area contributed by atoms with Gasteiger partial charge in [0.1, 0.15) is 12.7 Å². The predicted octanol–water partition coefficient (Wildman–Crippen LogP) is 5.12. The summed E-state index contributed by atoms with van der Waals surface area (Å²) in [6.07, 6.45) is -3.44. The van der Waals surface area contributed by atoms with Crippen LogP contribution >= 0.6 is 23.4 Å². The summed E-state index contributed by atoms with van der Waals surface area (Å²) in [4.78, 5) is 39.6. The van der Waals surface area contributed by atoms with Gasteiger partial charge in [-0.15, -0.1) is 11.8 Å². The Hall–Kier alpha value is -3.44. The van der Waals surface area contributed by atoms with E-state index in [1.54, 1.807) is 28.9 Å². The predicted molar refractivity (Wildman–Crippen MR) is 136 cm³/mol. The van der Waals surface area contributed by atoms with Crippen molar-refractivity contribution in [1.82, 2.24) is 9.58 Å². The molecule has 7 nitrogen and oxygen atoms in total. The maximum absolute atomic E-state index is 14.0. The van der Waals surface area contributed by atoms with Crippen molar-refractivity contribution in [3.05, 3.63) is 92.4 Å². The number of thioether (sulfide) groups is 1. The molecule has 1 amide bonds. The molecule has 0 N–H and O–H groups in total. The van der Waals surface area contributed by atoms with Crippen LogP contribution in [0.3, 0.4) is 0 Å². The van der Waals surface area contributed by atoms with Gasteiger partial charge in [-0.3, -0.25) is 24.1 Å². The third-order valence-electron chi connectivity index (χ3n) is 6.56. The molecule has 0 spiro atoms. The first-order chi connectivity index (χ1) is 18.0. The number of benzene rings is 2. The summed E-state index contributed by atoms with van der Waals surface area (Å²) in [5, 5.41) is 2.00. The van der Waals surface area contributed by atoms with Crippen LogP contribution in [-0.4, -0.2) is 40.3 Å². The van der Waals surface area contributed by atoms with E-state index in [1.807, 2.05) is 30.3 Å². The molecule has 2 aliphatic heterocycles. The first kappa shape index (κ1) is 26.2. The lowest BCUT2D eigenvalue weighted by molar-refractivity contribution is -0.173. The summed E-state index contributed by atoms with van der Waals surface area (Å²) in [7, 11) is 0. The zero-order valence-corrected chi connectivity index (χ0v) is 21.7. The van der Waals surface area contributed by atoms with Crippen molar-refractivity contribution >= 4 is 35.2 Å². The number of rotatable bonds is 3. The molecule has 2 atom stereocenters. The van der Waals surface area contributed by atoms with Gasteiger partial charge in [0.2, 0.25) is 11.2 Å². The number of pyridine rings is 1. The van der Waals surface area contributed by atoms with Gasteiger partial charge in [0.25, 0.3) is 5.91 Å². The lowest BCUT2D eigenvalue weighted by Gasteiger charge is -2.46. The quantitative estimate of drug-likeness (QED) is 0.412. The number of halogens is 4. The number of esters is 1. The van der Waals surface area contributed by atoms with E-state index in [4.69, 9.17) is 16.3 Å². The Kier molecular flexibility index (Phi) is 6.68. The number of aromatic nitrogens is 1. The van der Waals surface area contributed by atoms with E-state index in [9.17, 15) is 27.6 Å². The van der Waals surface area contributed by atoms with Gasteiger partial charge in [-0.2, -0.15) is 13.2 Å². The van der Waals surface area contributed by atoms with Gasteiger partial charge in [0.15, 0.2) is 5.69 Å². The number of fused-ring (bicyclic) bond motifs is 3. The summed E-state index contributed by atoms with van der Waals surface area (Å²) in [5.74, 6) is -2.00. The molecule has 0 bridgehead atoms. The maximum Gasteiger partial charge on any atom is 0.408 e. The average molecular weight is 564 g/mol. The molecule has 38 heavy (non-hydrogen) atoms. The van der Waals surface area contributed by atoms with Crippen molar-refractivity contribution in [3.63, 3.8) is 0 Å². The number of amides is 1. The van der Waals surface area contributed by atoms with E-state index < -0.39 is 53.7 Å². The van der Waals surface area contributed by atoms with Crippen molar-refractivity contribution in [2.75, 3.05) is 11.7 Å². The molecule has 1 aromatic heterocycles. The number of carbonyl (C=O) groups excluding carboxylic acids is 2. The highest BCUT2D eigenvalue weighted by Gasteiger charge is 2.48. The molecule has 0 unspecified atom stereocenters. The van der Waals surface area contributed by atoms with Crippen LogP contribution in [0.15, 0.2) is 64.4 Å². The third kappa shape index (κ3) is 4.54. The van der Waals surface area contributed by atoms with Crippen LogP contribution in [0, 0.1) is 0 Å². The molecule has 3 heterocycles. The zero-order chi connectivity index (χ0) is 27.4. The molecular weight excluding hydrogens is 543 g/mol. The summed E-state index contributed by atoms with van der Waals surface area (Å²) >= 11 is 7.96. The van der Waals surface area contributed by atoms with Gasteiger partial charge in [0, 0.05) is 34.9 Å². The van der Waals surface area contributed by atoms with Crippen molar-refractivity contribution in [2.24, 2.45) is 0 Å². The second kappa shape index (κ2) is 9.70. The molecule has 198 valence electrons. The molecule has 0 aliphatic carbocycles. The number of ether oxygens (including phenoxy) is 1. The summed E-state index contributed by atoms with van der Waals surface area (Å²) < 4.78 is 48.3. The number of carbonyl (C=O) groups is 2. The summed E-state index contributed by atoms with van der Waals surface area (Å²) in [6, 6.07) is 11.1. The fraction of sp³-hybridized carbons (Fsp3) is 0.269. The van der Waals surface area contributed by atoms with E-state index in [0.717, 1.165) is 41.5 Å². The highest BCUT2D eigenvalue weighted by Crippen LogP contribution is 2.44. The molecule has 0 saturated heterocycles. The average Bonchev–Trinajstić information content (AvgIpc) is 3.01. The van der Waals surface area contributed by atoms with Crippen LogP contribution in [0.1, 0.15) is 47.1 Å². The van der Waals surface area contributed by atoms with Crippen LogP contribution in [-0.2, 0) is 10.5 Å². The van der Waals surface area contributed by atoms with Crippen LogP contribution in [0.25, 0.3) is 0 Å².